The van der Waals surface area contributed by atoms with Crippen molar-refractivity contribution in [3.05, 3.63) is 35.4 Å². The van der Waals surface area contributed by atoms with Gasteiger partial charge in [-0.05, 0) is 37.9 Å². The predicted octanol–water partition coefficient (Wildman–Crippen LogP) is 3.01. The summed E-state index contributed by atoms with van der Waals surface area (Å²) in [6.45, 7) is 4.71. The lowest BCUT2D eigenvalue weighted by atomic mass is 10.0. The van der Waals surface area contributed by atoms with Crippen LogP contribution in [0.15, 0.2) is 24.3 Å². The smallest absolute Gasteiger partial charge is 0.0906 e. The highest BCUT2D eigenvalue weighted by Crippen LogP contribution is 2.16. The Morgan fingerprint density at radius 3 is 2.71 bits per heavy atom. The van der Waals surface area contributed by atoms with Crippen molar-refractivity contribution in [3.8, 4) is 0 Å². The van der Waals surface area contributed by atoms with Gasteiger partial charge in [-0.3, -0.25) is 4.39 Å². The van der Waals surface area contributed by atoms with Crippen LogP contribution in [0.1, 0.15) is 30.5 Å². The summed E-state index contributed by atoms with van der Waals surface area (Å²) in [5.41, 5.74) is 2.58. The number of nitrogens with one attached hydrogen (secondary N) is 1. The summed E-state index contributed by atoms with van der Waals surface area (Å²) in [5, 5.41) is 3.30. The van der Waals surface area contributed by atoms with Crippen LogP contribution >= 0.6 is 0 Å². The van der Waals surface area contributed by atoms with E-state index in [1.165, 1.54) is 11.1 Å². The van der Waals surface area contributed by atoms with Gasteiger partial charge in [-0.2, -0.15) is 0 Å². The van der Waals surface area contributed by atoms with Gasteiger partial charge >= 0.3 is 0 Å². The first kappa shape index (κ1) is 11.2. The van der Waals surface area contributed by atoms with Crippen molar-refractivity contribution in [1.82, 2.24) is 5.32 Å². The highest BCUT2D eigenvalue weighted by molar-refractivity contribution is 5.28. The van der Waals surface area contributed by atoms with E-state index in [2.05, 4.69) is 31.3 Å². The average Bonchev–Trinajstić information content (AvgIpc) is 2.18. The van der Waals surface area contributed by atoms with E-state index in [9.17, 15) is 4.39 Å². The SMILES string of the molecule is Cc1ccccc1[C@@H](C)NCCCF. The Kier molecular flexibility index (Phi) is 4.60. The minimum atomic E-state index is -0.243. The van der Waals surface area contributed by atoms with E-state index >= 15 is 0 Å². The van der Waals surface area contributed by atoms with Crippen LogP contribution < -0.4 is 5.32 Å². The maximum atomic E-state index is 11.9. The fourth-order valence-corrected chi connectivity index (χ4v) is 1.57. The Balaban J connectivity index is 2.51. The van der Waals surface area contributed by atoms with Gasteiger partial charge in [0.1, 0.15) is 0 Å². The molecule has 0 spiro atoms. The molecule has 0 amide bonds. The largest absolute Gasteiger partial charge is 0.310 e. The van der Waals surface area contributed by atoms with Gasteiger partial charge in [0.05, 0.1) is 6.67 Å². The van der Waals surface area contributed by atoms with Crippen LogP contribution in [0, 0.1) is 6.92 Å². The molecule has 1 aromatic rings. The summed E-state index contributed by atoms with van der Waals surface area (Å²) in [4.78, 5) is 0. The number of aryl methyl sites for hydroxylation is 1. The summed E-state index contributed by atoms with van der Waals surface area (Å²) in [5.74, 6) is 0. The summed E-state index contributed by atoms with van der Waals surface area (Å²) in [6.07, 6.45) is 0.593. The third-order valence-electron chi connectivity index (χ3n) is 2.42. The fourth-order valence-electron chi connectivity index (χ4n) is 1.57. The Hall–Kier alpha value is -0.890. The first-order valence-corrected chi connectivity index (χ1v) is 5.10. The zero-order valence-corrected chi connectivity index (χ0v) is 8.89. The van der Waals surface area contributed by atoms with E-state index < -0.39 is 0 Å². The third kappa shape index (κ3) is 3.11. The molecule has 14 heavy (non-hydrogen) atoms. The molecule has 0 heterocycles. The molecule has 0 radical (unpaired) electrons. The molecule has 1 atom stereocenters. The number of alkyl halides is 1. The molecule has 1 aromatic carbocycles. The molecule has 1 N–H and O–H groups in total. The minimum absolute atomic E-state index is 0.243. The maximum Gasteiger partial charge on any atom is 0.0906 e. The van der Waals surface area contributed by atoms with Crippen LogP contribution in [-0.4, -0.2) is 13.2 Å². The van der Waals surface area contributed by atoms with E-state index in [0.29, 0.717) is 12.5 Å². The van der Waals surface area contributed by atoms with Crippen LogP contribution in [0.25, 0.3) is 0 Å². The van der Waals surface area contributed by atoms with Gasteiger partial charge < -0.3 is 5.32 Å². The highest BCUT2D eigenvalue weighted by atomic mass is 19.1. The first-order valence-electron chi connectivity index (χ1n) is 5.10. The summed E-state index contributed by atoms with van der Waals surface area (Å²) in [7, 11) is 0. The second-order valence-electron chi connectivity index (χ2n) is 3.57. The van der Waals surface area contributed by atoms with E-state index in [0.717, 1.165) is 6.54 Å². The molecular weight excluding hydrogens is 177 g/mol. The lowest BCUT2D eigenvalue weighted by Crippen LogP contribution is -2.20. The molecule has 0 aliphatic heterocycles. The standard InChI is InChI=1S/C12H18FN/c1-10-6-3-4-7-12(10)11(2)14-9-5-8-13/h3-4,6-7,11,14H,5,8-9H2,1-2H3/t11-/m1/s1. The first-order chi connectivity index (χ1) is 6.75. The normalized spacial score (nSPS) is 12.8. The zero-order valence-electron chi connectivity index (χ0n) is 8.89. The van der Waals surface area contributed by atoms with Crippen molar-refractivity contribution >= 4 is 0 Å². The van der Waals surface area contributed by atoms with Gasteiger partial charge in [-0.1, -0.05) is 24.3 Å². The molecule has 0 aliphatic carbocycles. The van der Waals surface area contributed by atoms with Crippen molar-refractivity contribution in [2.75, 3.05) is 13.2 Å². The summed E-state index contributed by atoms with van der Waals surface area (Å²) >= 11 is 0. The summed E-state index contributed by atoms with van der Waals surface area (Å²) < 4.78 is 11.9. The molecule has 0 bridgehead atoms. The van der Waals surface area contributed by atoms with Gasteiger partial charge in [0.15, 0.2) is 0 Å². The molecular formula is C12H18FN. The highest BCUT2D eigenvalue weighted by Gasteiger charge is 2.05. The molecule has 0 saturated carbocycles. The molecule has 1 rings (SSSR count). The molecule has 1 nitrogen and oxygen atoms in total. The Morgan fingerprint density at radius 2 is 2.07 bits per heavy atom. The van der Waals surface area contributed by atoms with Crippen molar-refractivity contribution in [1.29, 1.82) is 0 Å². The minimum Gasteiger partial charge on any atom is -0.310 e. The van der Waals surface area contributed by atoms with Crippen molar-refractivity contribution in [2.24, 2.45) is 0 Å². The monoisotopic (exact) mass is 195 g/mol. The maximum absolute atomic E-state index is 11.9. The van der Waals surface area contributed by atoms with Crippen LogP contribution in [0.4, 0.5) is 4.39 Å². The van der Waals surface area contributed by atoms with Crippen molar-refractivity contribution in [3.63, 3.8) is 0 Å². The molecule has 0 aliphatic rings. The predicted molar refractivity (Wildman–Crippen MR) is 58.2 cm³/mol. The molecule has 0 aromatic heterocycles. The number of hydrogen-bond donors (Lipinski definition) is 1. The van der Waals surface area contributed by atoms with Gasteiger partial charge in [0.25, 0.3) is 0 Å². The molecule has 0 saturated heterocycles. The Labute approximate surface area is 85.3 Å². The lowest BCUT2D eigenvalue weighted by Gasteiger charge is -2.15. The van der Waals surface area contributed by atoms with E-state index in [1.54, 1.807) is 0 Å². The van der Waals surface area contributed by atoms with E-state index in [4.69, 9.17) is 0 Å². The Bertz CT molecular complexity index is 273. The fraction of sp³-hybridized carbons (Fsp3) is 0.500. The van der Waals surface area contributed by atoms with E-state index in [1.807, 2.05) is 12.1 Å². The van der Waals surface area contributed by atoms with Crippen LogP contribution in [0.3, 0.4) is 0 Å². The van der Waals surface area contributed by atoms with E-state index in [-0.39, 0.29) is 6.67 Å². The van der Waals surface area contributed by atoms with Crippen LogP contribution in [-0.2, 0) is 0 Å². The van der Waals surface area contributed by atoms with Crippen molar-refractivity contribution in [2.45, 2.75) is 26.3 Å². The second-order valence-corrected chi connectivity index (χ2v) is 3.57. The molecule has 2 heteroatoms. The topological polar surface area (TPSA) is 12.0 Å². The zero-order chi connectivity index (χ0) is 10.4. The third-order valence-corrected chi connectivity index (χ3v) is 2.42. The number of halogens is 1. The second kappa shape index (κ2) is 5.76. The molecule has 0 unspecified atom stereocenters. The average molecular weight is 195 g/mol. The van der Waals surface area contributed by atoms with Gasteiger partial charge in [-0.15, -0.1) is 0 Å². The number of hydrogen-bond acceptors (Lipinski definition) is 1. The number of benzene rings is 1. The quantitative estimate of drug-likeness (QED) is 0.712. The van der Waals surface area contributed by atoms with Crippen LogP contribution in [0.5, 0.6) is 0 Å². The Morgan fingerprint density at radius 1 is 1.36 bits per heavy atom. The molecule has 0 fully saturated rings. The number of rotatable bonds is 5. The van der Waals surface area contributed by atoms with Gasteiger partial charge in [-0.25, -0.2) is 0 Å². The van der Waals surface area contributed by atoms with Crippen molar-refractivity contribution < 1.29 is 4.39 Å². The van der Waals surface area contributed by atoms with Crippen LogP contribution in [0.2, 0.25) is 0 Å². The van der Waals surface area contributed by atoms with Gasteiger partial charge in [0.2, 0.25) is 0 Å². The lowest BCUT2D eigenvalue weighted by molar-refractivity contribution is 0.445. The summed E-state index contributed by atoms with van der Waals surface area (Å²) in [6, 6.07) is 8.59. The van der Waals surface area contributed by atoms with Gasteiger partial charge in [0, 0.05) is 6.04 Å². The molecule has 78 valence electrons.